The number of hydrogen-bond donors (Lipinski definition) is 0. The second-order valence-electron chi connectivity index (χ2n) is 3.47. The summed E-state index contributed by atoms with van der Waals surface area (Å²) < 4.78 is 10.4. The molecule has 0 aromatic rings. The monoisotopic (exact) mass is 196 g/mol. The van der Waals surface area contributed by atoms with E-state index in [1.54, 1.807) is 14.2 Å². The third kappa shape index (κ3) is 4.43. The van der Waals surface area contributed by atoms with Crippen molar-refractivity contribution in [1.29, 1.82) is 0 Å². The van der Waals surface area contributed by atoms with Gasteiger partial charge in [0.2, 0.25) is 0 Å². The molecule has 0 saturated heterocycles. The molecule has 0 aliphatic rings. The molecule has 0 unspecified atom stereocenters. The molecule has 0 fully saturated rings. The largest absolute Gasteiger partial charge is 0.384 e. The lowest BCUT2D eigenvalue weighted by molar-refractivity contribution is 0.0137. The Kier molecular flexibility index (Phi) is 7.13. The molecule has 0 heterocycles. The Labute approximate surface area is 86.9 Å². The number of hydrogen-bond acceptors (Lipinski definition) is 2. The minimum atomic E-state index is -0.0179. The fourth-order valence-corrected chi connectivity index (χ4v) is 1.57. The van der Waals surface area contributed by atoms with E-state index in [4.69, 9.17) is 9.47 Å². The summed E-state index contributed by atoms with van der Waals surface area (Å²) in [6.45, 7) is 8.63. The van der Waals surface area contributed by atoms with Crippen molar-refractivity contribution in [2.24, 2.45) is 5.41 Å². The summed E-state index contributed by atoms with van der Waals surface area (Å²) >= 11 is 0. The van der Waals surface area contributed by atoms with Gasteiger partial charge in [0.25, 0.3) is 0 Å². The zero-order valence-corrected chi connectivity index (χ0v) is 9.21. The lowest BCUT2D eigenvalue weighted by Gasteiger charge is -2.30. The van der Waals surface area contributed by atoms with Crippen molar-refractivity contribution < 1.29 is 9.47 Å². The summed E-state index contributed by atoms with van der Waals surface area (Å²) in [4.78, 5) is 0. The van der Waals surface area contributed by atoms with E-state index in [0.29, 0.717) is 13.2 Å². The third-order valence-electron chi connectivity index (χ3n) is 2.16. The Morgan fingerprint density at radius 2 is 1.79 bits per heavy atom. The molecular formula is C12H20O2. The number of ether oxygens (including phenoxy) is 2. The van der Waals surface area contributed by atoms with Crippen LogP contribution in [0.3, 0.4) is 0 Å². The fraction of sp³-hybridized carbons (Fsp3) is 0.583. The standard InChI is InChI=1S/C12H20O2/c1-5-7-9-12(8-6-2,10-13-3)11-14-4/h6-7H,1-2,8-11H2,3-4H3. The zero-order valence-electron chi connectivity index (χ0n) is 9.21. The van der Waals surface area contributed by atoms with Crippen molar-refractivity contribution in [1.82, 2.24) is 0 Å². The maximum absolute atomic E-state index is 5.21. The minimum Gasteiger partial charge on any atom is -0.384 e. The Morgan fingerprint density at radius 3 is 2.14 bits per heavy atom. The zero-order chi connectivity index (χ0) is 10.9. The van der Waals surface area contributed by atoms with Crippen molar-refractivity contribution in [3.05, 3.63) is 31.0 Å². The van der Waals surface area contributed by atoms with Crippen LogP contribution in [0.4, 0.5) is 0 Å². The number of allylic oxidation sites excluding steroid dienone is 2. The fourth-order valence-electron chi connectivity index (χ4n) is 1.57. The van der Waals surface area contributed by atoms with Crippen LogP contribution in [-0.2, 0) is 9.47 Å². The summed E-state index contributed by atoms with van der Waals surface area (Å²) in [5, 5.41) is 0. The Balaban J connectivity index is 4.51. The van der Waals surface area contributed by atoms with Crippen molar-refractivity contribution in [3.63, 3.8) is 0 Å². The highest BCUT2D eigenvalue weighted by Gasteiger charge is 2.27. The van der Waals surface area contributed by atoms with Crippen LogP contribution >= 0.6 is 0 Å². The smallest absolute Gasteiger partial charge is 0.0546 e. The number of methoxy groups -OCH3 is 2. The SMILES string of the molecule is C=C=CCC(CC=C)(COC)COC. The lowest BCUT2D eigenvalue weighted by atomic mass is 9.82. The van der Waals surface area contributed by atoms with E-state index >= 15 is 0 Å². The van der Waals surface area contributed by atoms with E-state index in [2.05, 4.69) is 18.9 Å². The maximum atomic E-state index is 5.21. The second-order valence-corrected chi connectivity index (χ2v) is 3.47. The molecule has 0 radical (unpaired) electrons. The van der Waals surface area contributed by atoms with E-state index < -0.39 is 0 Å². The molecule has 2 heteroatoms. The molecular weight excluding hydrogens is 176 g/mol. The Hall–Kier alpha value is -0.820. The highest BCUT2D eigenvalue weighted by Crippen LogP contribution is 2.28. The van der Waals surface area contributed by atoms with Crippen LogP contribution in [-0.4, -0.2) is 27.4 Å². The highest BCUT2D eigenvalue weighted by molar-refractivity contribution is 4.93. The molecule has 0 aromatic heterocycles. The van der Waals surface area contributed by atoms with Crippen LogP contribution in [0.2, 0.25) is 0 Å². The van der Waals surface area contributed by atoms with Crippen molar-refractivity contribution in [2.75, 3.05) is 27.4 Å². The van der Waals surface area contributed by atoms with Gasteiger partial charge >= 0.3 is 0 Å². The molecule has 0 bridgehead atoms. The summed E-state index contributed by atoms with van der Waals surface area (Å²) in [5.41, 5.74) is 2.76. The molecule has 0 aliphatic heterocycles. The molecule has 0 saturated carbocycles. The number of rotatable bonds is 8. The molecule has 0 rings (SSSR count). The summed E-state index contributed by atoms with van der Waals surface area (Å²) in [6.07, 6.45) is 5.54. The predicted molar refractivity (Wildman–Crippen MR) is 59.3 cm³/mol. The first kappa shape index (κ1) is 13.2. The molecule has 0 aliphatic carbocycles. The predicted octanol–water partition coefficient (Wildman–Crippen LogP) is 2.57. The van der Waals surface area contributed by atoms with Gasteiger partial charge in [-0.1, -0.05) is 12.7 Å². The molecule has 14 heavy (non-hydrogen) atoms. The van der Waals surface area contributed by atoms with E-state index in [9.17, 15) is 0 Å². The summed E-state index contributed by atoms with van der Waals surface area (Å²) in [7, 11) is 3.40. The first-order valence-corrected chi connectivity index (χ1v) is 4.68. The first-order chi connectivity index (χ1) is 6.74. The van der Waals surface area contributed by atoms with Gasteiger partial charge in [-0.3, -0.25) is 0 Å². The first-order valence-electron chi connectivity index (χ1n) is 4.68. The lowest BCUT2D eigenvalue weighted by Crippen LogP contribution is -2.30. The van der Waals surface area contributed by atoms with Gasteiger partial charge < -0.3 is 9.47 Å². The highest BCUT2D eigenvalue weighted by atomic mass is 16.5. The van der Waals surface area contributed by atoms with Gasteiger partial charge in [0.05, 0.1) is 13.2 Å². The van der Waals surface area contributed by atoms with E-state index in [-0.39, 0.29) is 5.41 Å². The van der Waals surface area contributed by atoms with Crippen LogP contribution in [0, 0.1) is 5.41 Å². The van der Waals surface area contributed by atoms with Crippen molar-refractivity contribution in [3.8, 4) is 0 Å². The van der Waals surface area contributed by atoms with Gasteiger partial charge in [0, 0.05) is 19.6 Å². The van der Waals surface area contributed by atoms with Gasteiger partial charge in [-0.2, -0.15) is 0 Å². The van der Waals surface area contributed by atoms with Crippen LogP contribution in [0.1, 0.15) is 12.8 Å². The molecule has 0 aromatic carbocycles. The normalized spacial score (nSPS) is 10.7. The van der Waals surface area contributed by atoms with Crippen LogP contribution < -0.4 is 0 Å². The molecule has 0 atom stereocenters. The Morgan fingerprint density at radius 1 is 1.21 bits per heavy atom. The van der Waals surface area contributed by atoms with Gasteiger partial charge in [0.1, 0.15) is 0 Å². The molecule has 0 N–H and O–H groups in total. The maximum Gasteiger partial charge on any atom is 0.0546 e. The average molecular weight is 196 g/mol. The van der Waals surface area contributed by atoms with E-state index in [1.807, 2.05) is 12.2 Å². The van der Waals surface area contributed by atoms with Crippen LogP contribution in [0.25, 0.3) is 0 Å². The molecule has 0 spiro atoms. The third-order valence-corrected chi connectivity index (χ3v) is 2.16. The quantitative estimate of drug-likeness (QED) is 0.439. The summed E-state index contributed by atoms with van der Waals surface area (Å²) in [6, 6.07) is 0. The van der Waals surface area contributed by atoms with Crippen molar-refractivity contribution in [2.45, 2.75) is 12.8 Å². The van der Waals surface area contributed by atoms with Gasteiger partial charge in [-0.15, -0.1) is 12.3 Å². The Bertz CT molecular complexity index is 196. The molecule has 80 valence electrons. The van der Waals surface area contributed by atoms with Gasteiger partial charge in [-0.25, -0.2) is 0 Å². The van der Waals surface area contributed by atoms with Gasteiger partial charge in [-0.05, 0) is 18.9 Å². The van der Waals surface area contributed by atoms with Crippen molar-refractivity contribution >= 4 is 0 Å². The van der Waals surface area contributed by atoms with E-state index in [0.717, 1.165) is 12.8 Å². The second kappa shape index (κ2) is 7.57. The van der Waals surface area contributed by atoms with Crippen LogP contribution in [0.5, 0.6) is 0 Å². The minimum absolute atomic E-state index is 0.0179. The van der Waals surface area contributed by atoms with Crippen LogP contribution in [0.15, 0.2) is 31.0 Å². The van der Waals surface area contributed by atoms with E-state index in [1.165, 1.54) is 0 Å². The molecule has 0 amide bonds. The molecule has 2 nitrogen and oxygen atoms in total. The average Bonchev–Trinajstić information content (AvgIpc) is 2.16. The van der Waals surface area contributed by atoms with Gasteiger partial charge in [0.15, 0.2) is 0 Å². The topological polar surface area (TPSA) is 18.5 Å². The summed E-state index contributed by atoms with van der Waals surface area (Å²) in [5.74, 6) is 0.